The molecule has 66 heavy (non-hydrogen) atoms. The third-order valence-corrected chi connectivity index (χ3v) is 13.9. The average molecular weight is 959 g/mol. The number of aromatic nitrogens is 2. The van der Waals surface area contributed by atoms with E-state index in [-0.39, 0.29) is 17.3 Å². The van der Waals surface area contributed by atoms with Gasteiger partial charge in [0, 0.05) is 119 Å². The number of nitrogens with one attached hydrogen (secondary N) is 2. The van der Waals surface area contributed by atoms with Gasteiger partial charge in [-0.25, -0.2) is 0 Å². The maximum atomic E-state index is 15.3. The van der Waals surface area contributed by atoms with Crippen LogP contribution in [-0.2, 0) is 12.8 Å². The Morgan fingerprint density at radius 2 is 0.833 bits per heavy atom. The molecule has 2 fully saturated rings. The van der Waals surface area contributed by atoms with Gasteiger partial charge in [0.2, 0.25) is 11.5 Å². The van der Waals surface area contributed by atoms with Crippen molar-refractivity contribution in [2.75, 3.05) is 62.2 Å². The Balaban J connectivity index is 1.05. The lowest BCUT2D eigenvalue weighted by molar-refractivity contribution is 0.0984. The van der Waals surface area contributed by atoms with Crippen LogP contribution in [0, 0.1) is 13.8 Å². The molecule has 13 heteroatoms. The Labute approximate surface area is 404 Å². The molecule has 0 aliphatic carbocycles. The van der Waals surface area contributed by atoms with Gasteiger partial charge in [-0.15, -0.1) is 0 Å². The normalized spacial score (nSPS) is 14.3. The van der Waals surface area contributed by atoms with Crippen LogP contribution in [-0.4, -0.2) is 67.3 Å². The van der Waals surface area contributed by atoms with E-state index in [0.717, 1.165) is 131 Å². The lowest BCUT2D eigenvalue weighted by atomic mass is 10.0. The Hall–Kier alpha value is -5.65. The molecule has 0 amide bonds. The van der Waals surface area contributed by atoms with E-state index in [4.69, 9.17) is 55.2 Å². The summed E-state index contributed by atoms with van der Waals surface area (Å²) in [7, 11) is 0. The molecule has 8 aromatic rings. The van der Waals surface area contributed by atoms with Gasteiger partial charge in [-0.2, -0.15) is 0 Å². The highest BCUT2D eigenvalue weighted by Crippen LogP contribution is 2.40. The second-order valence-corrected chi connectivity index (χ2v) is 18.7. The van der Waals surface area contributed by atoms with Crippen LogP contribution in [0.1, 0.15) is 50.0 Å². The zero-order chi connectivity index (χ0) is 45.5. The minimum absolute atomic E-state index is 0.274. The highest BCUT2D eigenvalue weighted by Gasteiger charge is 2.34. The van der Waals surface area contributed by atoms with Crippen molar-refractivity contribution in [2.45, 2.75) is 26.7 Å². The molecule has 2 aliphatic rings. The Morgan fingerprint density at radius 3 is 1.18 bits per heavy atom. The molecule has 9 nitrogen and oxygen atoms in total. The third-order valence-electron chi connectivity index (χ3n) is 12.9. The van der Waals surface area contributed by atoms with E-state index in [1.54, 1.807) is 12.5 Å². The summed E-state index contributed by atoms with van der Waals surface area (Å²) in [5, 5.41) is 9.65. The van der Waals surface area contributed by atoms with E-state index < -0.39 is 0 Å². The molecule has 4 aromatic carbocycles. The molecule has 0 spiro atoms. The molecule has 2 aliphatic heterocycles. The molecular formula is C53H48Cl4N6O3. The summed E-state index contributed by atoms with van der Waals surface area (Å²) in [6.45, 7) is 10.3. The fourth-order valence-electron chi connectivity index (χ4n) is 9.52. The lowest BCUT2D eigenvalue weighted by Gasteiger charge is -2.31. The predicted octanol–water partition coefficient (Wildman–Crippen LogP) is 12.3. The summed E-state index contributed by atoms with van der Waals surface area (Å²) < 4.78 is 17.4. The van der Waals surface area contributed by atoms with Gasteiger partial charge in [0.15, 0.2) is 0 Å². The largest absolute Gasteiger partial charge is 0.458 e. The molecule has 10 rings (SSSR count). The van der Waals surface area contributed by atoms with Gasteiger partial charge in [-0.1, -0.05) is 70.7 Å². The highest BCUT2D eigenvalue weighted by atomic mass is 35.5. The van der Waals surface area contributed by atoms with Crippen LogP contribution in [0.15, 0.2) is 131 Å². The molecule has 0 unspecified atom stereocenters. The zero-order valence-electron chi connectivity index (χ0n) is 36.6. The van der Waals surface area contributed by atoms with Gasteiger partial charge in [-0.3, -0.25) is 4.79 Å². The second kappa shape index (κ2) is 18.9. The SMILES string of the molecule is Cc1c(Cc2coc(C(=O)c3occ(Cc4cc(-c5ccc(Cl)cc5)n(-c5ccc(Cl)cc5)c4C)c3N3CCNCC3)c2N2CCNCC2)cc(-c2ccc(Cl)cc2)n1-c1ccc(Cl)cc1. The van der Waals surface area contributed by atoms with Crippen LogP contribution in [0.2, 0.25) is 20.1 Å². The van der Waals surface area contributed by atoms with Crippen molar-refractivity contribution < 1.29 is 13.6 Å². The van der Waals surface area contributed by atoms with Gasteiger partial charge < -0.3 is 38.4 Å². The third kappa shape index (κ3) is 8.72. The number of piperazine rings is 2. The summed E-state index contributed by atoms with van der Waals surface area (Å²) in [5.41, 5.74) is 13.9. The number of rotatable bonds is 12. The topological polar surface area (TPSA) is 83.8 Å². The first kappa shape index (κ1) is 44.2. The highest BCUT2D eigenvalue weighted by molar-refractivity contribution is 6.31. The molecule has 2 N–H and O–H groups in total. The van der Waals surface area contributed by atoms with Gasteiger partial charge in [0.25, 0.3) is 5.78 Å². The van der Waals surface area contributed by atoms with Gasteiger partial charge >= 0.3 is 0 Å². The number of carbonyl (C=O) groups is 1. The van der Waals surface area contributed by atoms with Crippen LogP contribution < -0.4 is 20.4 Å². The fourth-order valence-corrected chi connectivity index (χ4v) is 10.0. The minimum Gasteiger partial charge on any atom is -0.458 e. The Kier molecular flexibility index (Phi) is 12.7. The number of halogens is 4. The molecule has 0 saturated carbocycles. The number of ketones is 1. The number of carbonyl (C=O) groups excluding carboxylic acids is 1. The Morgan fingerprint density at radius 1 is 0.500 bits per heavy atom. The second-order valence-electron chi connectivity index (χ2n) is 17.0. The molecule has 0 atom stereocenters. The molecule has 336 valence electrons. The van der Waals surface area contributed by atoms with E-state index in [9.17, 15) is 0 Å². The molecule has 4 aromatic heterocycles. The summed E-state index contributed by atoms with van der Waals surface area (Å²) in [4.78, 5) is 19.8. The Bertz CT molecular complexity index is 2810. The predicted molar refractivity (Wildman–Crippen MR) is 269 cm³/mol. The van der Waals surface area contributed by atoms with E-state index in [0.29, 0.717) is 32.9 Å². The molecular weight excluding hydrogens is 910 g/mol. The van der Waals surface area contributed by atoms with Crippen LogP contribution in [0.4, 0.5) is 11.4 Å². The standard InChI is InChI=1S/C53H48Cl4N6O3/c1-33-37(29-47(35-3-7-41(54)8-4-35)62(33)45-15-11-43(56)12-16-45)27-39-31-65-52(49(39)60-23-19-58-20-24-60)51(64)53-50(61-25-21-59-22-26-61)40(32-66-53)28-38-30-48(36-5-9-42(55)10-6-36)63(34(38)2)46-17-13-44(57)14-18-46/h3-18,29-32,58-59H,19-28H2,1-2H3. The summed E-state index contributed by atoms with van der Waals surface area (Å²) in [6.07, 6.45) is 4.61. The van der Waals surface area contributed by atoms with Crippen molar-refractivity contribution in [2.24, 2.45) is 0 Å². The molecule has 0 bridgehead atoms. The van der Waals surface area contributed by atoms with E-state index in [1.165, 1.54) is 0 Å². The number of furan rings is 2. The first-order valence-corrected chi connectivity index (χ1v) is 23.8. The monoisotopic (exact) mass is 956 g/mol. The van der Waals surface area contributed by atoms with E-state index >= 15 is 4.79 Å². The number of nitrogens with zero attached hydrogens (tertiary/aromatic N) is 4. The van der Waals surface area contributed by atoms with Crippen molar-refractivity contribution in [3.63, 3.8) is 0 Å². The van der Waals surface area contributed by atoms with Crippen molar-refractivity contribution in [3.8, 4) is 33.9 Å². The first-order chi connectivity index (χ1) is 32.1. The maximum Gasteiger partial charge on any atom is 0.267 e. The zero-order valence-corrected chi connectivity index (χ0v) is 39.7. The van der Waals surface area contributed by atoms with Crippen molar-refractivity contribution in [1.82, 2.24) is 19.8 Å². The quantitative estimate of drug-likeness (QED) is 0.118. The summed E-state index contributed by atoms with van der Waals surface area (Å²) in [6, 6.07) is 36.0. The van der Waals surface area contributed by atoms with E-state index in [2.05, 4.69) is 55.5 Å². The van der Waals surface area contributed by atoms with Crippen LogP contribution in [0.5, 0.6) is 0 Å². The van der Waals surface area contributed by atoms with Crippen molar-refractivity contribution in [3.05, 3.63) is 187 Å². The van der Waals surface area contributed by atoms with Gasteiger partial charge in [0.05, 0.1) is 35.3 Å². The van der Waals surface area contributed by atoms with Crippen molar-refractivity contribution >= 4 is 63.6 Å². The van der Waals surface area contributed by atoms with Crippen molar-refractivity contribution in [1.29, 1.82) is 0 Å². The molecule has 2 saturated heterocycles. The van der Waals surface area contributed by atoms with E-state index in [1.807, 2.05) is 97.1 Å². The number of benzene rings is 4. The first-order valence-electron chi connectivity index (χ1n) is 22.2. The number of hydrogen-bond acceptors (Lipinski definition) is 7. The number of anilines is 2. The molecule has 0 radical (unpaired) electrons. The average Bonchev–Trinajstić information content (AvgIpc) is 4.12. The maximum absolute atomic E-state index is 15.3. The molecule has 6 heterocycles. The van der Waals surface area contributed by atoms with Gasteiger partial charge in [0.1, 0.15) is 0 Å². The lowest BCUT2D eigenvalue weighted by Crippen LogP contribution is -2.44. The van der Waals surface area contributed by atoms with Crippen LogP contribution in [0.25, 0.3) is 33.9 Å². The number of hydrogen-bond donors (Lipinski definition) is 2. The smallest absolute Gasteiger partial charge is 0.267 e. The van der Waals surface area contributed by atoms with Gasteiger partial charge in [-0.05, 0) is 121 Å². The minimum atomic E-state index is -0.274. The summed E-state index contributed by atoms with van der Waals surface area (Å²) in [5.74, 6) is 0.295. The fraction of sp³-hybridized carbons (Fsp3) is 0.226. The van der Waals surface area contributed by atoms with Crippen LogP contribution >= 0.6 is 46.4 Å². The van der Waals surface area contributed by atoms with Crippen LogP contribution in [0.3, 0.4) is 0 Å². The summed E-state index contributed by atoms with van der Waals surface area (Å²) >= 11 is 25.4.